The second-order valence-corrected chi connectivity index (χ2v) is 6.18. The lowest BCUT2D eigenvalue weighted by atomic mass is 10.0. The number of carbonyl (C=O) groups excluding carboxylic acids is 1. The first kappa shape index (κ1) is 18.2. The third-order valence-electron chi connectivity index (χ3n) is 4.52. The second-order valence-electron chi connectivity index (χ2n) is 6.18. The van der Waals surface area contributed by atoms with E-state index in [9.17, 15) is 4.79 Å². The quantitative estimate of drug-likeness (QED) is 0.831. The number of hydrogen-bond donors (Lipinski definition) is 1. The number of amides is 1. The Morgan fingerprint density at radius 3 is 2.29 bits per heavy atom. The summed E-state index contributed by atoms with van der Waals surface area (Å²) in [5.74, 6) is 0.000544. The van der Waals surface area contributed by atoms with Crippen LogP contribution in [0.4, 0.5) is 0 Å². The highest BCUT2D eigenvalue weighted by Crippen LogP contribution is 2.20. The average Bonchev–Trinajstić information content (AvgIpc) is 2.59. The molecule has 0 radical (unpaired) electrons. The summed E-state index contributed by atoms with van der Waals surface area (Å²) in [7, 11) is 0. The van der Waals surface area contributed by atoms with E-state index in [1.165, 1.54) is 11.1 Å². The molecule has 0 bridgehead atoms. The molecular formula is C21H28N2O. The van der Waals surface area contributed by atoms with Crippen LogP contribution in [0.15, 0.2) is 48.5 Å². The third-order valence-corrected chi connectivity index (χ3v) is 4.52. The zero-order chi connectivity index (χ0) is 17.5. The summed E-state index contributed by atoms with van der Waals surface area (Å²) < 4.78 is 0. The summed E-state index contributed by atoms with van der Waals surface area (Å²) >= 11 is 0. The Morgan fingerprint density at radius 2 is 1.71 bits per heavy atom. The maximum atomic E-state index is 12.6. The first-order valence-electron chi connectivity index (χ1n) is 8.71. The molecule has 0 aliphatic carbocycles. The summed E-state index contributed by atoms with van der Waals surface area (Å²) in [5, 5.41) is 3.13. The predicted octanol–water partition coefficient (Wildman–Crippen LogP) is 4.12. The molecule has 0 fully saturated rings. The van der Waals surface area contributed by atoms with Crippen LogP contribution in [0.25, 0.3) is 0 Å². The van der Waals surface area contributed by atoms with Gasteiger partial charge in [-0.15, -0.1) is 0 Å². The minimum absolute atomic E-state index is 0.000544. The number of hydrogen-bond acceptors (Lipinski definition) is 2. The lowest BCUT2D eigenvalue weighted by Gasteiger charge is -2.30. The number of aryl methyl sites for hydroxylation is 2. The summed E-state index contributed by atoms with van der Waals surface area (Å²) in [6.07, 6.45) is 0. The van der Waals surface area contributed by atoms with Crippen LogP contribution in [-0.2, 0) is 0 Å². The van der Waals surface area contributed by atoms with Gasteiger partial charge in [0.15, 0.2) is 0 Å². The Bertz CT molecular complexity index is 663. The minimum atomic E-state index is 0.000544. The van der Waals surface area contributed by atoms with E-state index in [2.05, 4.69) is 48.3 Å². The fraction of sp³-hybridized carbons (Fsp3) is 0.381. The SMILES string of the molecule is CCN(CC)C(CNC(=O)c1ccc(C)cc1C)c1ccccc1. The molecule has 0 saturated carbocycles. The van der Waals surface area contributed by atoms with E-state index in [0.717, 1.165) is 24.2 Å². The minimum Gasteiger partial charge on any atom is -0.350 e. The topological polar surface area (TPSA) is 32.3 Å². The van der Waals surface area contributed by atoms with Crippen molar-refractivity contribution in [1.82, 2.24) is 10.2 Å². The van der Waals surface area contributed by atoms with Gasteiger partial charge in [-0.25, -0.2) is 0 Å². The molecule has 2 aromatic rings. The van der Waals surface area contributed by atoms with E-state index >= 15 is 0 Å². The molecular weight excluding hydrogens is 296 g/mol. The molecule has 3 heteroatoms. The van der Waals surface area contributed by atoms with Crippen molar-refractivity contribution < 1.29 is 4.79 Å². The largest absolute Gasteiger partial charge is 0.350 e. The number of rotatable bonds is 7. The molecule has 1 atom stereocenters. The van der Waals surface area contributed by atoms with Crippen molar-refractivity contribution >= 4 is 5.91 Å². The van der Waals surface area contributed by atoms with Crippen molar-refractivity contribution in [3.63, 3.8) is 0 Å². The van der Waals surface area contributed by atoms with Crippen LogP contribution in [0.1, 0.15) is 46.9 Å². The molecule has 24 heavy (non-hydrogen) atoms. The molecule has 0 heterocycles. The Balaban J connectivity index is 2.14. The summed E-state index contributed by atoms with van der Waals surface area (Å²) in [5.41, 5.74) is 4.19. The van der Waals surface area contributed by atoms with Gasteiger partial charge in [-0.1, -0.05) is 61.9 Å². The molecule has 2 aromatic carbocycles. The van der Waals surface area contributed by atoms with Crippen LogP contribution in [-0.4, -0.2) is 30.4 Å². The predicted molar refractivity (Wildman–Crippen MR) is 100 cm³/mol. The van der Waals surface area contributed by atoms with Crippen LogP contribution in [0.2, 0.25) is 0 Å². The van der Waals surface area contributed by atoms with Crippen molar-refractivity contribution in [2.24, 2.45) is 0 Å². The zero-order valence-corrected chi connectivity index (χ0v) is 15.2. The standard InChI is InChI=1S/C21H28N2O/c1-5-23(6-2)20(18-10-8-7-9-11-18)15-22-21(24)19-13-12-16(3)14-17(19)4/h7-14,20H,5-6,15H2,1-4H3,(H,22,24). The van der Waals surface area contributed by atoms with E-state index in [1.54, 1.807) is 0 Å². The van der Waals surface area contributed by atoms with Crippen molar-refractivity contribution in [1.29, 1.82) is 0 Å². The zero-order valence-electron chi connectivity index (χ0n) is 15.2. The van der Waals surface area contributed by atoms with Crippen LogP contribution in [0, 0.1) is 13.8 Å². The van der Waals surface area contributed by atoms with E-state index < -0.39 is 0 Å². The summed E-state index contributed by atoms with van der Waals surface area (Å²) in [6.45, 7) is 10.9. The highest BCUT2D eigenvalue weighted by atomic mass is 16.1. The summed E-state index contributed by atoms with van der Waals surface area (Å²) in [6, 6.07) is 16.5. The van der Waals surface area contributed by atoms with Gasteiger partial charge in [0.05, 0.1) is 6.04 Å². The Hall–Kier alpha value is -2.13. The van der Waals surface area contributed by atoms with Gasteiger partial charge in [-0.3, -0.25) is 9.69 Å². The highest BCUT2D eigenvalue weighted by Gasteiger charge is 2.19. The van der Waals surface area contributed by atoms with Gasteiger partial charge >= 0.3 is 0 Å². The molecule has 2 rings (SSSR count). The Kier molecular flexibility index (Phi) is 6.56. The van der Waals surface area contributed by atoms with Crippen molar-refractivity contribution in [2.75, 3.05) is 19.6 Å². The van der Waals surface area contributed by atoms with Gasteiger partial charge in [0.2, 0.25) is 0 Å². The fourth-order valence-electron chi connectivity index (χ4n) is 3.15. The molecule has 1 unspecified atom stereocenters. The van der Waals surface area contributed by atoms with E-state index in [4.69, 9.17) is 0 Å². The number of nitrogens with zero attached hydrogens (tertiary/aromatic N) is 1. The molecule has 1 N–H and O–H groups in total. The molecule has 1 amide bonds. The van der Waals surface area contributed by atoms with Gasteiger partial charge in [-0.2, -0.15) is 0 Å². The van der Waals surface area contributed by atoms with Crippen LogP contribution in [0.5, 0.6) is 0 Å². The first-order valence-corrected chi connectivity index (χ1v) is 8.71. The summed E-state index contributed by atoms with van der Waals surface area (Å²) in [4.78, 5) is 15.0. The van der Waals surface area contributed by atoms with Crippen molar-refractivity contribution in [2.45, 2.75) is 33.7 Å². The molecule has 0 saturated heterocycles. The van der Waals surface area contributed by atoms with Gasteiger partial charge in [0, 0.05) is 12.1 Å². The number of nitrogens with one attached hydrogen (secondary N) is 1. The second kappa shape index (κ2) is 8.65. The monoisotopic (exact) mass is 324 g/mol. The lowest BCUT2D eigenvalue weighted by molar-refractivity contribution is 0.0934. The Morgan fingerprint density at radius 1 is 1.04 bits per heavy atom. The normalized spacial score (nSPS) is 12.2. The van der Waals surface area contributed by atoms with E-state index in [0.29, 0.717) is 6.54 Å². The highest BCUT2D eigenvalue weighted by molar-refractivity contribution is 5.95. The maximum absolute atomic E-state index is 12.6. The third kappa shape index (κ3) is 4.45. The molecule has 0 aliphatic rings. The van der Waals surface area contributed by atoms with Gasteiger partial charge < -0.3 is 5.32 Å². The average molecular weight is 324 g/mol. The molecule has 3 nitrogen and oxygen atoms in total. The molecule has 0 aromatic heterocycles. The maximum Gasteiger partial charge on any atom is 0.251 e. The molecule has 0 spiro atoms. The van der Waals surface area contributed by atoms with Crippen molar-refractivity contribution in [3.8, 4) is 0 Å². The smallest absolute Gasteiger partial charge is 0.251 e. The van der Waals surface area contributed by atoms with Crippen LogP contribution in [0.3, 0.4) is 0 Å². The number of carbonyl (C=O) groups is 1. The van der Waals surface area contributed by atoms with Crippen molar-refractivity contribution in [3.05, 3.63) is 70.8 Å². The molecule has 0 aliphatic heterocycles. The van der Waals surface area contributed by atoms with Crippen LogP contribution >= 0.6 is 0 Å². The van der Waals surface area contributed by atoms with Gasteiger partial charge in [-0.05, 0) is 44.1 Å². The molecule has 128 valence electrons. The Labute approximate surface area is 145 Å². The van der Waals surface area contributed by atoms with E-state index in [-0.39, 0.29) is 11.9 Å². The van der Waals surface area contributed by atoms with Gasteiger partial charge in [0.1, 0.15) is 0 Å². The van der Waals surface area contributed by atoms with Crippen LogP contribution < -0.4 is 5.32 Å². The number of benzene rings is 2. The van der Waals surface area contributed by atoms with Gasteiger partial charge in [0.25, 0.3) is 5.91 Å². The fourth-order valence-corrected chi connectivity index (χ4v) is 3.15. The lowest BCUT2D eigenvalue weighted by Crippen LogP contribution is -2.38. The van der Waals surface area contributed by atoms with E-state index in [1.807, 2.05) is 38.1 Å². The number of likely N-dealkylation sites (N-methyl/N-ethyl adjacent to an activating group) is 1. The first-order chi connectivity index (χ1) is 11.6.